The summed E-state index contributed by atoms with van der Waals surface area (Å²) in [5, 5.41) is 12.0. The van der Waals surface area contributed by atoms with Crippen LogP contribution in [0, 0.1) is 0 Å². The number of aliphatic carboxylic acids is 1. The summed E-state index contributed by atoms with van der Waals surface area (Å²) < 4.78 is 0. The van der Waals surface area contributed by atoms with Gasteiger partial charge in [-0.25, -0.2) is 4.79 Å². The number of urea groups is 1. The number of carboxylic acids is 1. The molecule has 0 aliphatic carbocycles. The molecule has 6 heteroatoms. The summed E-state index contributed by atoms with van der Waals surface area (Å²) in [6.07, 6.45) is -0.0702. The van der Waals surface area contributed by atoms with Crippen molar-refractivity contribution in [3.8, 4) is 0 Å². The van der Waals surface area contributed by atoms with Crippen LogP contribution in [0.3, 0.4) is 0 Å². The van der Waals surface area contributed by atoms with Crippen LogP contribution >= 0.6 is 11.6 Å². The molecule has 0 spiro atoms. The third-order valence-corrected chi connectivity index (χ3v) is 2.97. The molecule has 0 aliphatic heterocycles. The molecule has 1 aromatic carbocycles. The first kappa shape index (κ1) is 15.3. The fraction of sp³-hybridized carbons (Fsp3) is 0.385. The van der Waals surface area contributed by atoms with Crippen molar-refractivity contribution >= 4 is 23.6 Å². The van der Waals surface area contributed by atoms with Gasteiger partial charge in [0.2, 0.25) is 0 Å². The van der Waals surface area contributed by atoms with Gasteiger partial charge >= 0.3 is 12.0 Å². The van der Waals surface area contributed by atoms with Gasteiger partial charge in [-0.3, -0.25) is 4.79 Å². The Morgan fingerprint density at radius 3 is 2.47 bits per heavy atom. The molecular formula is C13H17ClN2O3. The number of benzene rings is 1. The van der Waals surface area contributed by atoms with E-state index in [9.17, 15) is 9.59 Å². The Labute approximate surface area is 117 Å². The molecule has 2 N–H and O–H groups in total. The van der Waals surface area contributed by atoms with Gasteiger partial charge in [0.15, 0.2) is 0 Å². The Kier molecular flexibility index (Phi) is 5.63. The lowest BCUT2D eigenvalue weighted by Gasteiger charge is -2.21. The van der Waals surface area contributed by atoms with Crippen molar-refractivity contribution < 1.29 is 14.7 Å². The lowest BCUT2D eigenvalue weighted by Crippen LogP contribution is -2.39. The van der Waals surface area contributed by atoms with E-state index in [2.05, 4.69) is 5.32 Å². The average Bonchev–Trinajstić information content (AvgIpc) is 2.36. The highest BCUT2D eigenvalue weighted by molar-refractivity contribution is 6.30. The number of nitrogens with zero attached hydrogens (tertiary/aromatic N) is 1. The fourth-order valence-electron chi connectivity index (χ4n) is 1.50. The number of carboxylic acid groups (broad SMARTS) is 1. The molecule has 0 radical (unpaired) electrons. The average molecular weight is 285 g/mol. The van der Waals surface area contributed by atoms with Crippen LogP contribution in [0.25, 0.3) is 0 Å². The summed E-state index contributed by atoms with van der Waals surface area (Å²) in [4.78, 5) is 23.6. The van der Waals surface area contributed by atoms with E-state index >= 15 is 0 Å². The maximum absolute atomic E-state index is 11.8. The monoisotopic (exact) mass is 284 g/mol. The van der Waals surface area contributed by atoms with E-state index in [0.29, 0.717) is 5.02 Å². The molecule has 104 valence electrons. The quantitative estimate of drug-likeness (QED) is 0.873. The van der Waals surface area contributed by atoms with Crippen molar-refractivity contribution in [3.05, 3.63) is 34.9 Å². The van der Waals surface area contributed by atoms with Gasteiger partial charge < -0.3 is 15.3 Å². The van der Waals surface area contributed by atoms with Crippen LogP contribution in [0.15, 0.2) is 24.3 Å². The number of nitrogens with one attached hydrogen (secondary N) is 1. The molecule has 0 saturated heterocycles. The van der Waals surface area contributed by atoms with Crippen LogP contribution in [0.2, 0.25) is 5.02 Å². The van der Waals surface area contributed by atoms with E-state index in [-0.39, 0.29) is 25.0 Å². The predicted molar refractivity (Wildman–Crippen MR) is 73.3 cm³/mol. The number of amides is 2. The Hall–Kier alpha value is -1.75. The van der Waals surface area contributed by atoms with Crippen molar-refractivity contribution in [2.45, 2.75) is 19.4 Å². The zero-order valence-electron chi connectivity index (χ0n) is 10.9. The van der Waals surface area contributed by atoms with Gasteiger partial charge in [0.25, 0.3) is 0 Å². The van der Waals surface area contributed by atoms with Gasteiger partial charge in [0.1, 0.15) is 0 Å². The Morgan fingerprint density at radius 1 is 1.37 bits per heavy atom. The Bertz CT molecular complexity index is 448. The third-order valence-electron chi connectivity index (χ3n) is 2.72. The van der Waals surface area contributed by atoms with E-state index in [1.165, 1.54) is 4.90 Å². The van der Waals surface area contributed by atoms with Gasteiger partial charge in [-0.2, -0.15) is 0 Å². The summed E-state index contributed by atoms with van der Waals surface area (Å²) in [6, 6.07) is 6.72. The minimum Gasteiger partial charge on any atom is -0.481 e. The van der Waals surface area contributed by atoms with Crippen molar-refractivity contribution in [1.82, 2.24) is 10.2 Å². The number of rotatable bonds is 5. The van der Waals surface area contributed by atoms with Crippen molar-refractivity contribution in [1.29, 1.82) is 0 Å². The maximum atomic E-state index is 11.8. The molecule has 19 heavy (non-hydrogen) atoms. The normalized spacial score (nSPS) is 11.7. The smallest absolute Gasteiger partial charge is 0.317 e. The van der Waals surface area contributed by atoms with E-state index < -0.39 is 5.97 Å². The van der Waals surface area contributed by atoms with Gasteiger partial charge in [-0.15, -0.1) is 0 Å². The summed E-state index contributed by atoms with van der Waals surface area (Å²) >= 11 is 5.79. The zero-order valence-corrected chi connectivity index (χ0v) is 11.6. The van der Waals surface area contributed by atoms with Crippen molar-refractivity contribution in [2.75, 3.05) is 13.6 Å². The summed E-state index contributed by atoms with van der Waals surface area (Å²) in [5.41, 5.74) is 0.935. The van der Waals surface area contributed by atoms with E-state index in [1.807, 2.05) is 19.1 Å². The molecule has 0 aliphatic rings. The van der Waals surface area contributed by atoms with Crippen LogP contribution in [-0.4, -0.2) is 35.6 Å². The third kappa shape index (κ3) is 5.18. The van der Waals surface area contributed by atoms with Gasteiger partial charge in [-0.05, 0) is 24.6 Å². The second-order valence-corrected chi connectivity index (χ2v) is 4.72. The minimum atomic E-state index is -0.926. The van der Waals surface area contributed by atoms with Crippen molar-refractivity contribution in [2.24, 2.45) is 0 Å². The first-order chi connectivity index (χ1) is 8.90. The van der Waals surface area contributed by atoms with Crippen LogP contribution in [0.4, 0.5) is 4.79 Å². The highest BCUT2D eigenvalue weighted by atomic mass is 35.5. The zero-order chi connectivity index (χ0) is 14.4. The topological polar surface area (TPSA) is 69.6 Å². The molecule has 1 rings (SSSR count). The number of carbonyl (C=O) groups is 2. The predicted octanol–water partition coefficient (Wildman–Crippen LogP) is 2.52. The Balaban J connectivity index is 2.51. The summed E-state index contributed by atoms with van der Waals surface area (Å²) in [5.74, 6) is -0.926. The molecule has 0 fully saturated rings. The minimum absolute atomic E-state index is 0.0702. The molecule has 0 aromatic heterocycles. The second kappa shape index (κ2) is 6.99. The molecule has 0 bridgehead atoms. The molecule has 1 unspecified atom stereocenters. The van der Waals surface area contributed by atoms with E-state index in [4.69, 9.17) is 16.7 Å². The maximum Gasteiger partial charge on any atom is 0.317 e. The molecule has 0 heterocycles. The largest absolute Gasteiger partial charge is 0.481 e. The summed E-state index contributed by atoms with van der Waals surface area (Å²) in [7, 11) is 1.56. The first-order valence-electron chi connectivity index (χ1n) is 5.89. The van der Waals surface area contributed by atoms with Gasteiger partial charge in [0, 0.05) is 18.6 Å². The number of hydrogen-bond acceptors (Lipinski definition) is 2. The SMILES string of the molecule is CC(NC(=O)N(C)CCC(=O)O)c1ccc(Cl)cc1. The Morgan fingerprint density at radius 2 is 1.95 bits per heavy atom. The summed E-state index contributed by atoms with van der Waals surface area (Å²) in [6.45, 7) is 2.03. The van der Waals surface area contributed by atoms with Crippen LogP contribution < -0.4 is 5.32 Å². The molecule has 1 aromatic rings. The number of halogens is 1. The van der Waals surface area contributed by atoms with Crippen molar-refractivity contribution in [3.63, 3.8) is 0 Å². The molecular weight excluding hydrogens is 268 g/mol. The standard InChI is InChI=1S/C13H17ClN2O3/c1-9(10-3-5-11(14)6-4-10)15-13(19)16(2)8-7-12(17)18/h3-6,9H,7-8H2,1-2H3,(H,15,19)(H,17,18). The van der Waals surface area contributed by atoms with Crippen LogP contribution in [-0.2, 0) is 4.79 Å². The van der Waals surface area contributed by atoms with Crippen LogP contribution in [0.5, 0.6) is 0 Å². The van der Waals surface area contributed by atoms with E-state index in [0.717, 1.165) is 5.56 Å². The fourth-order valence-corrected chi connectivity index (χ4v) is 1.62. The highest BCUT2D eigenvalue weighted by Crippen LogP contribution is 2.16. The molecule has 5 nitrogen and oxygen atoms in total. The number of hydrogen-bond donors (Lipinski definition) is 2. The second-order valence-electron chi connectivity index (χ2n) is 4.29. The first-order valence-corrected chi connectivity index (χ1v) is 6.27. The number of carbonyl (C=O) groups excluding carboxylic acids is 1. The molecule has 2 amide bonds. The molecule has 0 saturated carbocycles. The highest BCUT2D eigenvalue weighted by Gasteiger charge is 2.13. The lowest BCUT2D eigenvalue weighted by molar-refractivity contribution is -0.137. The van der Waals surface area contributed by atoms with Gasteiger partial charge in [0.05, 0.1) is 12.5 Å². The van der Waals surface area contributed by atoms with E-state index in [1.54, 1.807) is 19.2 Å². The lowest BCUT2D eigenvalue weighted by atomic mass is 10.1. The molecule has 1 atom stereocenters. The van der Waals surface area contributed by atoms with Gasteiger partial charge in [-0.1, -0.05) is 23.7 Å². The van der Waals surface area contributed by atoms with Crippen LogP contribution in [0.1, 0.15) is 24.9 Å².